The van der Waals surface area contributed by atoms with E-state index in [9.17, 15) is 0 Å². The Bertz CT molecular complexity index is 203. The summed E-state index contributed by atoms with van der Waals surface area (Å²) >= 11 is 0. The summed E-state index contributed by atoms with van der Waals surface area (Å²) in [5, 5.41) is 0. The molecule has 0 saturated heterocycles. The molecule has 1 heteroatoms. The van der Waals surface area contributed by atoms with Gasteiger partial charge in [0.15, 0.2) is 0 Å². The summed E-state index contributed by atoms with van der Waals surface area (Å²) in [5.74, 6) is 0. The van der Waals surface area contributed by atoms with Gasteiger partial charge in [0.05, 0.1) is 0 Å². The van der Waals surface area contributed by atoms with Gasteiger partial charge in [0, 0.05) is 6.04 Å². The van der Waals surface area contributed by atoms with E-state index in [1.165, 1.54) is 31.3 Å². The first-order valence-corrected chi connectivity index (χ1v) is 5.85. The quantitative estimate of drug-likeness (QED) is 0.585. The minimum atomic E-state index is 0.419. The molecule has 1 nitrogen and oxygen atoms in total. The fourth-order valence-electron chi connectivity index (χ4n) is 1.83. The fourth-order valence-corrected chi connectivity index (χ4v) is 1.83. The lowest BCUT2D eigenvalue weighted by molar-refractivity contribution is 0.536. The Balaban J connectivity index is 2.41. The molecule has 0 unspecified atom stereocenters. The highest BCUT2D eigenvalue weighted by atomic mass is 14.6. The molecule has 0 fully saturated rings. The molecular weight excluding hydrogens is 170 g/mol. The van der Waals surface area contributed by atoms with Crippen molar-refractivity contribution in [2.45, 2.75) is 57.9 Å². The van der Waals surface area contributed by atoms with Crippen LogP contribution >= 0.6 is 0 Å². The number of nitrogens with two attached hydrogens (primary N) is 1. The van der Waals surface area contributed by atoms with Crippen LogP contribution in [0.25, 0.3) is 0 Å². The van der Waals surface area contributed by atoms with E-state index in [2.05, 4.69) is 25.2 Å². The molecule has 0 aliphatic heterocycles. The highest BCUT2D eigenvalue weighted by Crippen LogP contribution is 2.12. The summed E-state index contributed by atoms with van der Waals surface area (Å²) in [5.41, 5.74) is 7.49. The molecule has 1 rings (SSSR count). The van der Waals surface area contributed by atoms with E-state index >= 15 is 0 Å². The van der Waals surface area contributed by atoms with Gasteiger partial charge in [0.2, 0.25) is 0 Å². The topological polar surface area (TPSA) is 26.0 Å². The smallest absolute Gasteiger partial charge is 0.00417 e. The van der Waals surface area contributed by atoms with Crippen LogP contribution in [0.4, 0.5) is 0 Å². The third kappa shape index (κ3) is 5.23. The van der Waals surface area contributed by atoms with Crippen molar-refractivity contribution in [1.82, 2.24) is 0 Å². The van der Waals surface area contributed by atoms with E-state index in [0.717, 1.165) is 19.3 Å². The molecule has 0 aromatic carbocycles. The van der Waals surface area contributed by atoms with E-state index in [1.807, 2.05) is 0 Å². The van der Waals surface area contributed by atoms with Crippen molar-refractivity contribution < 1.29 is 0 Å². The van der Waals surface area contributed by atoms with E-state index in [0.29, 0.717) is 6.04 Å². The Labute approximate surface area is 88.1 Å². The van der Waals surface area contributed by atoms with Gasteiger partial charge in [-0.25, -0.2) is 0 Å². The van der Waals surface area contributed by atoms with Gasteiger partial charge in [0.25, 0.3) is 0 Å². The molecule has 1 aliphatic carbocycles. The molecule has 0 radical (unpaired) electrons. The second-order valence-corrected chi connectivity index (χ2v) is 4.35. The van der Waals surface area contributed by atoms with Crippen LogP contribution in [0.3, 0.4) is 0 Å². The summed E-state index contributed by atoms with van der Waals surface area (Å²) < 4.78 is 0. The molecule has 0 aromatic rings. The maximum Gasteiger partial charge on any atom is 0.00417 e. The summed E-state index contributed by atoms with van der Waals surface area (Å²) in [6.07, 6.45) is 15.4. The zero-order valence-electron chi connectivity index (χ0n) is 9.34. The summed E-state index contributed by atoms with van der Waals surface area (Å²) in [6, 6.07) is 0.419. The van der Waals surface area contributed by atoms with E-state index in [-0.39, 0.29) is 0 Å². The molecule has 0 heterocycles. The normalized spacial score (nSPS) is 32.1. The lowest BCUT2D eigenvalue weighted by Crippen LogP contribution is -2.19. The molecule has 2 N–H and O–H groups in total. The molecule has 14 heavy (non-hydrogen) atoms. The first kappa shape index (κ1) is 11.5. The minimum Gasteiger partial charge on any atom is -0.328 e. The minimum absolute atomic E-state index is 0.419. The summed E-state index contributed by atoms with van der Waals surface area (Å²) in [4.78, 5) is 0. The van der Waals surface area contributed by atoms with Crippen LogP contribution in [-0.2, 0) is 0 Å². The molecular formula is C13H23N. The van der Waals surface area contributed by atoms with Crippen molar-refractivity contribution in [1.29, 1.82) is 0 Å². The number of hydrogen-bond donors (Lipinski definition) is 1. The average molecular weight is 193 g/mol. The largest absolute Gasteiger partial charge is 0.328 e. The Hall–Kier alpha value is -0.560. The van der Waals surface area contributed by atoms with E-state index < -0.39 is 0 Å². The Kier molecular flexibility index (Phi) is 5.62. The molecule has 1 aliphatic rings. The number of hydrogen-bond acceptors (Lipinski definition) is 1. The van der Waals surface area contributed by atoms with Crippen LogP contribution in [0.1, 0.15) is 51.9 Å². The first-order valence-electron chi connectivity index (χ1n) is 5.85. The second-order valence-electron chi connectivity index (χ2n) is 4.35. The van der Waals surface area contributed by atoms with Crippen molar-refractivity contribution in [3.05, 3.63) is 23.8 Å². The van der Waals surface area contributed by atoms with E-state index in [1.54, 1.807) is 0 Å². The molecule has 0 aromatic heterocycles. The van der Waals surface area contributed by atoms with E-state index in [4.69, 9.17) is 5.73 Å². The van der Waals surface area contributed by atoms with Gasteiger partial charge in [-0.05, 0) is 45.4 Å². The van der Waals surface area contributed by atoms with Crippen LogP contribution in [0.2, 0.25) is 0 Å². The van der Waals surface area contributed by atoms with Gasteiger partial charge >= 0.3 is 0 Å². The molecule has 1 atom stereocenters. The zero-order chi connectivity index (χ0) is 10.2. The van der Waals surface area contributed by atoms with Crippen LogP contribution in [0, 0.1) is 0 Å². The van der Waals surface area contributed by atoms with Crippen LogP contribution in [-0.4, -0.2) is 6.04 Å². The zero-order valence-corrected chi connectivity index (χ0v) is 9.34. The van der Waals surface area contributed by atoms with Gasteiger partial charge in [-0.3, -0.25) is 0 Å². The maximum atomic E-state index is 6.01. The van der Waals surface area contributed by atoms with Crippen LogP contribution in [0.15, 0.2) is 23.8 Å². The van der Waals surface area contributed by atoms with Crippen LogP contribution < -0.4 is 5.73 Å². The monoisotopic (exact) mass is 193 g/mol. The maximum absolute atomic E-state index is 6.01. The lowest BCUT2D eigenvalue weighted by Gasteiger charge is -2.10. The third-order valence-corrected chi connectivity index (χ3v) is 2.83. The predicted molar refractivity (Wildman–Crippen MR) is 63.2 cm³/mol. The molecule has 80 valence electrons. The van der Waals surface area contributed by atoms with Gasteiger partial charge < -0.3 is 5.73 Å². The van der Waals surface area contributed by atoms with Gasteiger partial charge in [0.1, 0.15) is 0 Å². The second kappa shape index (κ2) is 6.83. The fraction of sp³-hybridized carbons (Fsp3) is 0.692. The van der Waals surface area contributed by atoms with Gasteiger partial charge in [-0.2, -0.15) is 0 Å². The van der Waals surface area contributed by atoms with Crippen molar-refractivity contribution in [3.63, 3.8) is 0 Å². The highest BCUT2D eigenvalue weighted by molar-refractivity contribution is 5.04. The Morgan fingerprint density at radius 2 is 2.00 bits per heavy atom. The van der Waals surface area contributed by atoms with Crippen LogP contribution in [0.5, 0.6) is 0 Å². The van der Waals surface area contributed by atoms with Crippen molar-refractivity contribution in [3.8, 4) is 0 Å². The molecule has 0 bridgehead atoms. The van der Waals surface area contributed by atoms with Crippen molar-refractivity contribution in [2.75, 3.05) is 0 Å². The molecule has 0 spiro atoms. The third-order valence-electron chi connectivity index (χ3n) is 2.83. The number of allylic oxidation sites excluding steroid dienone is 4. The molecule has 0 saturated carbocycles. The summed E-state index contributed by atoms with van der Waals surface area (Å²) in [6.45, 7) is 2.21. The van der Waals surface area contributed by atoms with Gasteiger partial charge in [-0.1, -0.05) is 30.2 Å². The summed E-state index contributed by atoms with van der Waals surface area (Å²) in [7, 11) is 0. The lowest BCUT2D eigenvalue weighted by atomic mass is 10.0. The Morgan fingerprint density at radius 1 is 1.14 bits per heavy atom. The Morgan fingerprint density at radius 3 is 2.86 bits per heavy atom. The molecule has 0 amide bonds. The van der Waals surface area contributed by atoms with Crippen molar-refractivity contribution >= 4 is 0 Å². The van der Waals surface area contributed by atoms with Gasteiger partial charge in [-0.15, -0.1) is 0 Å². The predicted octanol–water partition coefficient (Wildman–Crippen LogP) is 3.56. The number of rotatable bonds is 0. The van der Waals surface area contributed by atoms with Crippen molar-refractivity contribution in [2.24, 2.45) is 5.73 Å². The standard InChI is InChI=1S/C13H23N/c1-12-8-5-3-2-4-6-10-13(14)11-7-9-12/h3,5,9,13H,2,4,6-8,10-11,14H2,1H3/b5-3-,12-9-/t13-/m1/s1. The first-order chi connectivity index (χ1) is 6.79. The average Bonchev–Trinajstić information content (AvgIpc) is 2.14. The highest BCUT2D eigenvalue weighted by Gasteiger charge is 2.01. The SMILES string of the molecule is C/C1=C/CC[C@H](N)CCCC/C=C\C1.